The first-order valence-electron chi connectivity index (χ1n) is 7.85. The molecule has 0 radical (unpaired) electrons. The number of rotatable bonds is 11. The highest BCUT2D eigenvalue weighted by atomic mass is 16.3. The average molecular weight is 270 g/mol. The molecule has 2 nitrogen and oxygen atoms in total. The Kier molecular flexibility index (Phi) is 8.56. The molecule has 1 N–H and O–H groups in total. The summed E-state index contributed by atoms with van der Waals surface area (Å²) in [6, 6.07) is 0. The predicted molar refractivity (Wildman–Crippen MR) is 82.3 cm³/mol. The number of ketones is 1. The van der Waals surface area contributed by atoms with E-state index in [-0.39, 0.29) is 12.0 Å². The van der Waals surface area contributed by atoms with Crippen LogP contribution in [0.2, 0.25) is 0 Å². The summed E-state index contributed by atoms with van der Waals surface area (Å²) in [4.78, 5) is 11.8. The molecule has 0 unspecified atom stereocenters. The molecule has 0 aliphatic rings. The van der Waals surface area contributed by atoms with Crippen molar-refractivity contribution in [2.45, 2.75) is 86.0 Å². The molecule has 0 heterocycles. The van der Waals surface area contributed by atoms with Crippen molar-refractivity contribution in [1.82, 2.24) is 0 Å². The summed E-state index contributed by atoms with van der Waals surface area (Å²) >= 11 is 0. The fraction of sp³-hybridized carbons (Fsp3) is 0.941. The third-order valence-electron chi connectivity index (χ3n) is 4.25. The molecule has 0 aromatic heterocycles. The molecule has 0 fully saturated rings. The summed E-state index contributed by atoms with van der Waals surface area (Å²) in [6.45, 7) is 11.1. The minimum atomic E-state index is 0.00813. The number of hydrogen-bond donors (Lipinski definition) is 1. The van der Waals surface area contributed by atoms with Crippen LogP contribution in [0.5, 0.6) is 0 Å². The van der Waals surface area contributed by atoms with E-state index >= 15 is 0 Å². The van der Waals surface area contributed by atoms with Gasteiger partial charge < -0.3 is 5.11 Å². The van der Waals surface area contributed by atoms with Gasteiger partial charge in [-0.15, -0.1) is 0 Å². The Hall–Kier alpha value is -0.370. The fourth-order valence-corrected chi connectivity index (χ4v) is 2.07. The van der Waals surface area contributed by atoms with Crippen LogP contribution in [0.25, 0.3) is 0 Å². The van der Waals surface area contributed by atoms with Gasteiger partial charge in [0.05, 0.1) is 0 Å². The van der Waals surface area contributed by atoms with Crippen molar-refractivity contribution >= 4 is 5.78 Å². The third-order valence-corrected chi connectivity index (χ3v) is 4.25. The van der Waals surface area contributed by atoms with E-state index < -0.39 is 0 Å². The zero-order valence-electron chi connectivity index (χ0n) is 13.7. The van der Waals surface area contributed by atoms with Crippen LogP contribution in [0.1, 0.15) is 86.0 Å². The molecular formula is C17H34O2. The van der Waals surface area contributed by atoms with E-state index in [1.807, 2.05) is 0 Å². The first-order chi connectivity index (χ1) is 8.72. The molecule has 0 atom stereocenters. The minimum absolute atomic E-state index is 0.00813. The maximum Gasteiger partial charge on any atom is 0.132 e. The number of carbonyl (C=O) groups is 1. The van der Waals surface area contributed by atoms with Gasteiger partial charge in [-0.05, 0) is 36.5 Å². The minimum Gasteiger partial charge on any atom is -0.396 e. The molecule has 0 aliphatic carbocycles. The lowest BCUT2D eigenvalue weighted by Crippen LogP contribution is -2.16. The van der Waals surface area contributed by atoms with E-state index in [0.717, 1.165) is 38.5 Å². The highest BCUT2D eigenvalue weighted by molar-refractivity contribution is 5.78. The average Bonchev–Trinajstić information content (AvgIpc) is 2.34. The molecule has 0 spiro atoms. The quantitative estimate of drug-likeness (QED) is 0.551. The highest BCUT2D eigenvalue weighted by Gasteiger charge is 2.17. The van der Waals surface area contributed by atoms with Gasteiger partial charge in [-0.1, -0.05) is 47.5 Å². The zero-order valence-corrected chi connectivity index (χ0v) is 13.7. The van der Waals surface area contributed by atoms with Crippen LogP contribution in [0.15, 0.2) is 0 Å². The van der Waals surface area contributed by atoms with Gasteiger partial charge >= 0.3 is 0 Å². The summed E-state index contributed by atoms with van der Waals surface area (Å²) < 4.78 is 0. The van der Waals surface area contributed by atoms with Crippen LogP contribution in [-0.2, 0) is 4.79 Å². The van der Waals surface area contributed by atoms with E-state index in [1.165, 1.54) is 6.42 Å². The molecule has 0 rings (SSSR count). The van der Waals surface area contributed by atoms with Gasteiger partial charge in [0, 0.05) is 19.4 Å². The molecule has 19 heavy (non-hydrogen) atoms. The Morgan fingerprint density at radius 2 is 1.42 bits per heavy atom. The molecule has 0 aromatic rings. The Morgan fingerprint density at radius 3 is 1.95 bits per heavy atom. The second-order valence-corrected chi connectivity index (χ2v) is 7.44. The smallest absolute Gasteiger partial charge is 0.132 e. The standard InChI is InChI=1S/C17H34O2/c1-6-16(2,3)13-9-11-15(19)10-7-8-12-17(4,5)14-18/h18H,6-14H2,1-5H3. The van der Waals surface area contributed by atoms with Gasteiger partial charge in [-0.3, -0.25) is 4.79 Å². The third kappa shape index (κ3) is 10.1. The lowest BCUT2D eigenvalue weighted by Gasteiger charge is -2.22. The molecule has 0 amide bonds. The van der Waals surface area contributed by atoms with Crippen LogP contribution >= 0.6 is 0 Å². The zero-order chi connectivity index (χ0) is 14.9. The Labute approximate surface area is 120 Å². The summed E-state index contributed by atoms with van der Waals surface area (Å²) in [7, 11) is 0. The van der Waals surface area contributed by atoms with Crippen LogP contribution in [0.3, 0.4) is 0 Å². The van der Waals surface area contributed by atoms with E-state index in [9.17, 15) is 4.79 Å². The van der Waals surface area contributed by atoms with Crippen molar-refractivity contribution in [3.8, 4) is 0 Å². The molecule has 114 valence electrons. The molecule has 0 aliphatic heterocycles. The summed E-state index contributed by atoms with van der Waals surface area (Å²) in [6.07, 6.45) is 7.83. The summed E-state index contributed by atoms with van der Waals surface area (Å²) in [5, 5.41) is 9.15. The largest absolute Gasteiger partial charge is 0.396 e. The van der Waals surface area contributed by atoms with Crippen molar-refractivity contribution in [2.75, 3.05) is 6.61 Å². The van der Waals surface area contributed by atoms with Crippen molar-refractivity contribution in [3.63, 3.8) is 0 Å². The second-order valence-electron chi connectivity index (χ2n) is 7.44. The van der Waals surface area contributed by atoms with Gasteiger partial charge in [0.1, 0.15) is 5.78 Å². The lowest BCUT2D eigenvalue weighted by molar-refractivity contribution is -0.119. The first kappa shape index (κ1) is 18.6. The van der Waals surface area contributed by atoms with Gasteiger partial charge in [0.25, 0.3) is 0 Å². The fourth-order valence-electron chi connectivity index (χ4n) is 2.07. The van der Waals surface area contributed by atoms with E-state index in [4.69, 9.17) is 5.11 Å². The van der Waals surface area contributed by atoms with Crippen LogP contribution in [-0.4, -0.2) is 17.5 Å². The number of unbranched alkanes of at least 4 members (excludes halogenated alkanes) is 1. The van der Waals surface area contributed by atoms with Crippen LogP contribution in [0.4, 0.5) is 0 Å². The number of carbonyl (C=O) groups excluding carboxylic acids is 1. The van der Waals surface area contributed by atoms with Gasteiger partial charge in [-0.25, -0.2) is 0 Å². The molecule has 2 heteroatoms. The van der Waals surface area contributed by atoms with E-state index in [2.05, 4.69) is 34.6 Å². The van der Waals surface area contributed by atoms with E-state index in [0.29, 0.717) is 17.6 Å². The topological polar surface area (TPSA) is 37.3 Å². The molecule has 0 saturated carbocycles. The van der Waals surface area contributed by atoms with Crippen LogP contribution < -0.4 is 0 Å². The number of aliphatic hydroxyl groups is 1. The van der Waals surface area contributed by atoms with E-state index in [1.54, 1.807) is 0 Å². The maximum atomic E-state index is 11.8. The number of Topliss-reactive ketones (excluding diaryl/α,β-unsaturated/α-hetero) is 1. The normalized spacial score (nSPS) is 12.7. The molecular weight excluding hydrogens is 236 g/mol. The van der Waals surface area contributed by atoms with Crippen molar-refractivity contribution < 1.29 is 9.90 Å². The first-order valence-corrected chi connectivity index (χ1v) is 7.85. The monoisotopic (exact) mass is 270 g/mol. The SMILES string of the molecule is CCC(C)(C)CCCC(=O)CCCCC(C)(C)CO. The predicted octanol–water partition coefficient (Wildman–Crippen LogP) is 4.74. The Balaban J connectivity index is 3.61. The lowest BCUT2D eigenvalue weighted by atomic mass is 9.84. The second kappa shape index (κ2) is 8.73. The van der Waals surface area contributed by atoms with Crippen molar-refractivity contribution in [3.05, 3.63) is 0 Å². The molecule has 0 bridgehead atoms. The van der Waals surface area contributed by atoms with Crippen molar-refractivity contribution in [1.29, 1.82) is 0 Å². The van der Waals surface area contributed by atoms with Crippen molar-refractivity contribution in [2.24, 2.45) is 10.8 Å². The molecule has 0 saturated heterocycles. The van der Waals surface area contributed by atoms with Gasteiger partial charge in [0.15, 0.2) is 0 Å². The van der Waals surface area contributed by atoms with Crippen LogP contribution in [0, 0.1) is 10.8 Å². The highest BCUT2D eigenvalue weighted by Crippen LogP contribution is 2.27. The van der Waals surface area contributed by atoms with Gasteiger partial charge in [-0.2, -0.15) is 0 Å². The Bertz CT molecular complexity index is 254. The summed E-state index contributed by atoms with van der Waals surface area (Å²) in [5.74, 6) is 0.411. The number of hydrogen-bond acceptors (Lipinski definition) is 2. The Morgan fingerprint density at radius 1 is 0.895 bits per heavy atom. The maximum absolute atomic E-state index is 11.8. The number of aliphatic hydroxyl groups excluding tert-OH is 1. The van der Waals surface area contributed by atoms with Gasteiger partial charge in [0.2, 0.25) is 0 Å². The molecule has 0 aromatic carbocycles. The summed E-state index contributed by atoms with van der Waals surface area (Å²) in [5.41, 5.74) is 0.389.